The van der Waals surface area contributed by atoms with Gasteiger partial charge in [0, 0.05) is 19.6 Å². The second-order valence-corrected chi connectivity index (χ2v) is 6.40. The molecule has 6 nitrogen and oxygen atoms in total. The summed E-state index contributed by atoms with van der Waals surface area (Å²) < 4.78 is 5.69. The summed E-state index contributed by atoms with van der Waals surface area (Å²) in [7, 11) is 0. The van der Waals surface area contributed by atoms with Crippen LogP contribution in [0.25, 0.3) is 11.0 Å². The van der Waals surface area contributed by atoms with Gasteiger partial charge in [-0.25, -0.2) is 4.98 Å². The Morgan fingerprint density at radius 1 is 1.39 bits per heavy atom. The number of amides is 1. The molecular formula is C17H24N4O2. The Morgan fingerprint density at radius 3 is 2.87 bits per heavy atom. The van der Waals surface area contributed by atoms with Crippen molar-refractivity contribution in [2.24, 2.45) is 0 Å². The van der Waals surface area contributed by atoms with Gasteiger partial charge in [-0.2, -0.15) is 0 Å². The first kappa shape index (κ1) is 16.0. The largest absolute Gasteiger partial charge is 0.373 e. The fourth-order valence-electron chi connectivity index (χ4n) is 3.17. The molecule has 124 valence electrons. The molecule has 2 atom stereocenters. The third-order valence-electron chi connectivity index (χ3n) is 4.02. The molecule has 0 aliphatic carbocycles. The number of nitrogens with one attached hydrogen (secondary N) is 2. The van der Waals surface area contributed by atoms with Gasteiger partial charge >= 0.3 is 0 Å². The second-order valence-electron chi connectivity index (χ2n) is 6.40. The van der Waals surface area contributed by atoms with Gasteiger partial charge < -0.3 is 15.0 Å². The molecule has 1 saturated heterocycles. The van der Waals surface area contributed by atoms with Gasteiger partial charge in [-0.15, -0.1) is 0 Å². The Labute approximate surface area is 136 Å². The van der Waals surface area contributed by atoms with E-state index in [-0.39, 0.29) is 18.1 Å². The second kappa shape index (κ2) is 6.68. The van der Waals surface area contributed by atoms with Crippen LogP contribution in [0.1, 0.15) is 25.2 Å². The van der Waals surface area contributed by atoms with Crippen molar-refractivity contribution in [3.05, 3.63) is 29.6 Å². The highest BCUT2D eigenvalue weighted by Crippen LogP contribution is 2.13. The molecule has 3 rings (SSSR count). The smallest absolute Gasteiger partial charge is 0.234 e. The molecule has 0 bridgehead atoms. The number of benzene rings is 1. The van der Waals surface area contributed by atoms with Crippen molar-refractivity contribution in [2.75, 3.05) is 19.6 Å². The summed E-state index contributed by atoms with van der Waals surface area (Å²) in [4.78, 5) is 21.9. The molecule has 1 fully saturated rings. The van der Waals surface area contributed by atoms with Crippen molar-refractivity contribution in [3.8, 4) is 0 Å². The van der Waals surface area contributed by atoms with Crippen molar-refractivity contribution >= 4 is 16.9 Å². The zero-order valence-electron chi connectivity index (χ0n) is 13.9. The van der Waals surface area contributed by atoms with Crippen LogP contribution in [0.15, 0.2) is 18.2 Å². The lowest BCUT2D eigenvalue weighted by molar-refractivity contribution is -0.126. The lowest BCUT2D eigenvalue weighted by Crippen LogP contribution is -2.49. The van der Waals surface area contributed by atoms with Crippen molar-refractivity contribution in [1.82, 2.24) is 20.2 Å². The highest BCUT2D eigenvalue weighted by atomic mass is 16.5. The van der Waals surface area contributed by atoms with E-state index < -0.39 is 0 Å². The zero-order valence-corrected chi connectivity index (χ0v) is 13.9. The summed E-state index contributed by atoms with van der Waals surface area (Å²) in [6.07, 6.45) is 0.357. The first-order valence-electron chi connectivity index (χ1n) is 8.09. The van der Waals surface area contributed by atoms with Crippen LogP contribution in [-0.2, 0) is 16.1 Å². The van der Waals surface area contributed by atoms with Crippen LogP contribution in [-0.4, -0.2) is 52.6 Å². The normalized spacial score (nSPS) is 22.4. The number of hydrogen-bond acceptors (Lipinski definition) is 4. The summed E-state index contributed by atoms with van der Waals surface area (Å²) >= 11 is 0. The number of carbonyl (C=O) groups excluding carboxylic acids is 1. The van der Waals surface area contributed by atoms with Gasteiger partial charge in [0.25, 0.3) is 0 Å². The molecule has 0 unspecified atom stereocenters. The minimum absolute atomic E-state index is 0.0483. The van der Waals surface area contributed by atoms with Gasteiger partial charge in [-0.3, -0.25) is 9.69 Å². The standard InChI is InChI=1S/C17H24N4O2/c1-11-8-21(9-12(2)23-11)10-17(22)18-7-14-4-5-15-16(6-14)20-13(3)19-15/h4-6,11-12H,7-10H2,1-3H3,(H,18,22)(H,19,20)/t11-,12+. The predicted octanol–water partition coefficient (Wildman–Crippen LogP) is 1.60. The fraction of sp³-hybridized carbons (Fsp3) is 0.529. The van der Waals surface area contributed by atoms with E-state index in [0.29, 0.717) is 13.1 Å². The summed E-state index contributed by atoms with van der Waals surface area (Å²) in [6.45, 7) is 8.58. The van der Waals surface area contributed by atoms with Crippen LogP contribution in [0, 0.1) is 6.92 Å². The monoisotopic (exact) mass is 316 g/mol. The highest BCUT2D eigenvalue weighted by Gasteiger charge is 2.23. The van der Waals surface area contributed by atoms with E-state index >= 15 is 0 Å². The third-order valence-corrected chi connectivity index (χ3v) is 4.02. The Bertz CT molecular complexity index is 687. The maximum absolute atomic E-state index is 12.2. The van der Waals surface area contributed by atoms with Gasteiger partial charge in [-0.1, -0.05) is 6.07 Å². The van der Waals surface area contributed by atoms with Crippen molar-refractivity contribution in [2.45, 2.75) is 39.5 Å². The molecule has 1 aromatic heterocycles. The molecule has 1 aromatic carbocycles. The van der Waals surface area contributed by atoms with Crippen LogP contribution >= 0.6 is 0 Å². The first-order chi connectivity index (χ1) is 11.0. The topological polar surface area (TPSA) is 70.2 Å². The average Bonchev–Trinajstić information content (AvgIpc) is 2.83. The summed E-state index contributed by atoms with van der Waals surface area (Å²) in [6, 6.07) is 6.02. The average molecular weight is 316 g/mol. The number of carbonyl (C=O) groups is 1. The number of aromatic amines is 1. The van der Waals surface area contributed by atoms with E-state index in [0.717, 1.165) is 35.5 Å². The number of H-pyrrole nitrogens is 1. The quantitative estimate of drug-likeness (QED) is 0.899. The lowest BCUT2D eigenvalue weighted by atomic mass is 10.2. The first-order valence-corrected chi connectivity index (χ1v) is 8.09. The molecule has 2 N–H and O–H groups in total. The Balaban J connectivity index is 1.53. The van der Waals surface area contributed by atoms with Crippen molar-refractivity contribution < 1.29 is 9.53 Å². The van der Waals surface area contributed by atoms with Crippen LogP contribution in [0.3, 0.4) is 0 Å². The number of imidazole rings is 1. The number of hydrogen-bond donors (Lipinski definition) is 2. The van der Waals surface area contributed by atoms with Crippen molar-refractivity contribution in [1.29, 1.82) is 0 Å². The maximum atomic E-state index is 12.2. The molecule has 6 heteroatoms. The number of nitrogens with zero attached hydrogens (tertiary/aromatic N) is 2. The van der Waals surface area contributed by atoms with Gasteiger partial charge in [0.2, 0.25) is 5.91 Å². The number of aryl methyl sites for hydroxylation is 1. The molecule has 1 amide bonds. The zero-order chi connectivity index (χ0) is 16.4. The number of aromatic nitrogens is 2. The minimum Gasteiger partial charge on any atom is -0.373 e. The summed E-state index contributed by atoms with van der Waals surface area (Å²) in [5, 5.41) is 2.99. The molecule has 23 heavy (non-hydrogen) atoms. The molecule has 1 aliphatic heterocycles. The van der Waals surface area contributed by atoms with Crippen LogP contribution in [0.2, 0.25) is 0 Å². The molecular weight excluding hydrogens is 292 g/mol. The minimum atomic E-state index is 0.0483. The number of morpholine rings is 1. The maximum Gasteiger partial charge on any atom is 0.234 e. The van der Waals surface area contributed by atoms with E-state index in [9.17, 15) is 4.79 Å². The van der Waals surface area contributed by atoms with E-state index in [1.165, 1.54) is 0 Å². The van der Waals surface area contributed by atoms with E-state index in [2.05, 4.69) is 20.2 Å². The lowest BCUT2D eigenvalue weighted by Gasteiger charge is -2.34. The number of ether oxygens (including phenoxy) is 1. The van der Waals surface area contributed by atoms with Crippen LogP contribution in [0.4, 0.5) is 0 Å². The van der Waals surface area contributed by atoms with Gasteiger partial charge in [0.1, 0.15) is 5.82 Å². The molecule has 2 aromatic rings. The summed E-state index contributed by atoms with van der Waals surface area (Å²) in [5.74, 6) is 0.948. The fourth-order valence-corrected chi connectivity index (χ4v) is 3.17. The number of rotatable bonds is 4. The highest BCUT2D eigenvalue weighted by molar-refractivity contribution is 5.79. The van der Waals surface area contributed by atoms with Crippen molar-refractivity contribution in [3.63, 3.8) is 0 Å². The predicted molar refractivity (Wildman–Crippen MR) is 89.1 cm³/mol. The molecule has 0 saturated carbocycles. The van der Waals surface area contributed by atoms with Crippen LogP contribution in [0.5, 0.6) is 0 Å². The summed E-state index contributed by atoms with van der Waals surface area (Å²) in [5.41, 5.74) is 3.03. The number of fused-ring (bicyclic) bond motifs is 1. The van der Waals surface area contributed by atoms with E-state index in [1.807, 2.05) is 39.0 Å². The Kier molecular flexibility index (Phi) is 4.63. The SMILES string of the molecule is Cc1nc2ccc(CNC(=O)CN3C[C@@H](C)O[C@@H](C)C3)cc2[nH]1. The van der Waals surface area contributed by atoms with Gasteiger partial charge in [0.05, 0.1) is 29.8 Å². The molecule has 0 spiro atoms. The third kappa shape index (κ3) is 4.09. The Hall–Kier alpha value is -1.92. The molecule has 1 aliphatic rings. The van der Waals surface area contributed by atoms with Gasteiger partial charge in [-0.05, 0) is 38.5 Å². The Morgan fingerprint density at radius 2 is 2.13 bits per heavy atom. The van der Waals surface area contributed by atoms with E-state index in [4.69, 9.17) is 4.74 Å². The van der Waals surface area contributed by atoms with Gasteiger partial charge in [0.15, 0.2) is 0 Å². The molecule has 2 heterocycles. The van der Waals surface area contributed by atoms with E-state index in [1.54, 1.807) is 0 Å². The molecule has 0 radical (unpaired) electrons. The van der Waals surface area contributed by atoms with Crippen LogP contribution < -0.4 is 5.32 Å².